The monoisotopic (exact) mass is 604 g/mol. The van der Waals surface area contributed by atoms with Gasteiger partial charge < -0.3 is 4.74 Å². The molecule has 11 nitrogen and oxygen atoms in total. The van der Waals surface area contributed by atoms with E-state index < -0.39 is 10.2 Å². The number of anilines is 2. The average Bonchev–Trinajstić information content (AvgIpc) is 2.95. The van der Waals surface area contributed by atoms with Crippen molar-refractivity contribution in [2.75, 3.05) is 16.1 Å². The van der Waals surface area contributed by atoms with Crippen molar-refractivity contribution in [3.05, 3.63) is 102 Å². The topological polar surface area (TPSA) is 145 Å². The molecule has 0 amide bonds. The van der Waals surface area contributed by atoms with E-state index in [1.54, 1.807) is 61.2 Å². The van der Waals surface area contributed by atoms with Crippen LogP contribution in [-0.4, -0.2) is 44.9 Å². The molecule has 2 aromatic carbocycles. The zero-order chi connectivity index (χ0) is 27.1. The average molecular weight is 605 g/mol. The third kappa shape index (κ3) is 6.89. The zero-order valence-electron chi connectivity index (χ0n) is 20.3. The van der Waals surface area contributed by atoms with E-state index in [-0.39, 0.29) is 36.5 Å². The first-order chi connectivity index (χ1) is 19.0. The SMILES string of the molecule is O=S(=O)(Nc1ccccc1)Nc1nc(-c2ncccn2)nc(CCOc2ncc(Br)cn2)c1-c1ccccc1. The summed E-state index contributed by atoms with van der Waals surface area (Å²) < 4.78 is 37.9. The van der Waals surface area contributed by atoms with E-state index in [0.29, 0.717) is 22.5 Å². The lowest BCUT2D eigenvalue weighted by Gasteiger charge is -2.17. The maximum Gasteiger partial charge on any atom is 0.322 e. The van der Waals surface area contributed by atoms with Crippen LogP contribution in [0.4, 0.5) is 11.5 Å². The number of hydrogen-bond acceptors (Lipinski definition) is 9. The van der Waals surface area contributed by atoms with Gasteiger partial charge in [-0.1, -0.05) is 48.5 Å². The summed E-state index contributed by atoms with van der Waals surface area (Å²) in [7, 11) is -4.09. The van der Waals surface area contributed by atoms with Crippen molar-refractivity contribution >= 4 is 37.6 Å². The molecule has 3 heterocycles. The van der Waals surface area contributed by atoms with Crippen LogP contribution in [-0.2, 0) is 16.6 Å². The molecule has 0 saturated heterocycles. The summed E-state index contributed by atoms with van der Waals surface area (Å²) >= 11 is 3.30. The molecule has 0 saturated carbocycles. The highest BCUT2D eigenvalue weighted by Gasteiger charge is 2.22. The van der Waals surface area contributed by atoms with Gasteiger partial charge in [-0.2, -0.15) is 8.42 Å². The maximum atomic E-state index is 13.2. The van der Waals surface area contributed by atoms with Crippen LogP contribution in [0.5, 0.6) is 6.01 Å². The molecule has 0 radical (unpaired) electrons. The predicted molar refractivity (Wildman–Crippen MR) is 150 cm³/mol. The second kappa shape index (κ2) is 11.9. The van der Waals surface area contributed by atoms with Crippen LogP contribution in [0, 0.1) is 0 Å². The van der Waals surface area contributed by atoms with E-state index in [4.69, 9.17) is 9.72 Å². The Labute approximate surface area is 233 Å². The van der Waals surface area contributed by atoms with Crippen molar-refractivity contribution in [2.24, 2.45) is 0 Å². The van der Waals surface area contributed by atoms with E-state index in [9.17, 15) is 8.42 Å². The van der Waals surface area contributed by atoms with Crippen LogP contribution in [0.1, 0.15) is 5.69 Å². The minimum atomic E-state index is -4.09. The first-order valence-electron chi connectivity index (χ1n) is 11.7. The fraction of sp³-hybridized carbons (Fsp3) is 0.0769. The quantitative estimate of drug-likeness (QED) is 0.234. The van der Waals surface area contributed by atoms with Gasteiger partial charge in [0.2, 0.25) is 0 Å². The van der Waals surface area contributed by atoms with Gasteiger partial charge >= 0.3 is 16.2 Å². The standard InChI is InChI=1S/C26H21BrN8O3S/c27-19-16-30-26(31-17-19)38-15-12-21-22(18-8-3-1-4-9-18)23(33-25(32-21)24-28-13-7-14-29-24)35-39(36,37)34-20-10-5-2-6-11-20/h1-11,13-14,16-17,34H,12,15H2,(H,32,33,35). The van der Waals surface area contributed by atoms with Crippen molar-refractivity contribution in [1.82, 2.24) is 29.9 Å². The first kappa shape index (κ1) is 26.1. The first-order valence-corrected chi connectivity index (χ1v) is 13.9. The van der Waals surface area contributed by atoms with Gasteiger partial charge in [0.05, 0.1) is 22.5 Å². The molecule has 5 aromatic rings. The van der Waals surface area contributed by atoms with Crippen LogP contribution >= 0.6 is 15.9 Å². The van der Waals surface area contributed by atoms with E-state index in [2.05, 4.69) is 50.3 Å². The molecular weight excluding hydrogens is 584 g/mol. The molecule has 0 spiro atoms. The van der Waals surface area contributed by atoms with Gasteiger partial charge in [0.25, 0.3) is 0 Å². The lowest BCUT2D eigenvalue weighted by Crippen LogP contribution is -2.23. The summed E-state index contributed by atoms with van der Waals surface area (Å²) in [6.45, 7) is 0.169. The molecule has 0 bridgehead atoms. The summed E-state index contributed by atoms with van der Waals surface area (Å²) in [5, 5.41) is 0. The second-order valence-corrected chi connectivity index (χ2v) is 10.3. The Hall–Kier alpha value is -4.49. The predicted octanol–water partition coefficient (Wildman–Crippen LogP) is 4.54. The Morgan fingerprint density at radius 1 is 0.769 bits per heavy atom. The Balaban J connectivity index is 1.56. The molecule has 0 aliphatic heterocycles. The fourth-order valence-electron chi connectivity index (χ4n) is 3.61. The Morgan fingerprint density at radius 3 is 2.13 bits per heavy atom. The number of nitrogens with zero attached hydrogens (tertiary/aromatic N) is 6. The third-order valence-electron chi connectivity index (χ3n) is 5.24. The molecule has 0 unspecified atom stereocenters. The van der Waals surface area contributed by atoms with Gasteiger partial charge in [-0.25, -0.2) is 34.6 Å². The van der Waals surface area contributed by atoms with Crippen LogP contribution in [0.3, 0.4) is 0 Å². The lowest BCUT2D eigenvalue weighted by atomic mass is 10.0. The van der Waals surface area contributed by atoms with Crippen molar-refractivity contribution in [1.29, 1.82) is 0 Å². The summed E-state index contributed by atoms with van der Waals surface area (Å²) in [6, 6.07) is 19.7. The normalized spacial score (nSPS) is 11.1. The lowest BCUT2D eigenvalue weighted by molar-refractivity contribution is 0.295. The Bertz CT molecular complexity index is 1640. The van der Waals surface area contributed by atoms with E-state index in [1.807, 2.05) is 30.3 Å². The van der Waals surface area contributed by atoms with E-state index >= 15 is 0 Å². The number of hydrogen-bond donors (Lipinski definition) is 2. The molecule has 0 fully saturated rings. The number of aromatic nitrogens is 6. The minimum absolute atomic E-state index is 0.0666. The maximum absolute atomic E-state index is 13.2. The van der Waals surface area contributed by atoms with Crippen LogP contribution < -0.4 is 14.2 Å². The third-order valence-corrected chi connectivity index (χ3v) is 6.61. The number of rotatable bonds is 10. The molecule has 2 N–H and O–H groups in total. The number of halogens is 1. The smallest absolute Gasteiger partial charge is 0.322 e. The Morgan fingerprint density at radius 2 is 1.44 bits per heavy atom. The van der Waals surface area contributed by atoms with Crippen LogP contribution in [0.15, 0.2) is 96.0 Å². The van der Waals surface area contributed by atoms with E-state index in [0.717, 1.165) is 4.47 Å². The van der Waals surface area contributed by atoms with Gasteiger partial charge in [0.15, 0.2) is 17.5 Å². The molecule has 13 heteroatoms. The molecule has 39 heavy (non-hydrogen) atoms. The number of ether oxygens (including phenoxy) is 1. The highest BCUT2D eigenvalue weighted by molar-refractivity contribution is 9.10. The van der Waals surface area contributed by atoms with Crippen LogP contribution in [0.2, 0.25) is 0 Å². The van der Waals surface area contributed by atoms with Crippen molar-refractivity contribution < 1.29 is 13.2 Å². The summed E-state index contributed by atoms with van der Waals surface area (Å²) in [5.41, 5.74) is 2.13. The number of benzene rings is 2. The van der Waals surface area contributed by atoms with Crippen molar-refractivity contribution in [3.63, 3.8) is 0 Å². The molecule has 0 atom stereocenters. The molecular formula is C26H21BrN8O3S. The second-order valence-electron chi connectivity index (χ2n) is 8.01. The number of nitrogens with one attached hydrogen (secondary N) is 2. The highest BCUT2D eigenvalue weighted by atomic mass is 79.9. The van der Waals surface area contributed by atoms with Crippen molar-refractivity contribution in [3.8, 4) is 28.8 Å². The summed E-state index contributed by atoms with van der Waals surface area (Å²) in [5.74, 6) is 0.464. The molecule has 0 aliphatic carbocycles. The molecule has 5 rings (SSSR count). The summed E-state index contributed by atoms with van der Waals surface area (Å²) in [6.07, 6.45) is 6.57. The van der Waals surface area contributed by atoms with Gasteiger partial charge in [0.1, 0.15) is 0 Å². The molecule has 0 aliphatic rings. The minimum Gasteiger partial charge on any atom is -0.463 e. The molecule has 3 aromatic heterocycles. The zero-order valence-corrected chi connectivity index (χ0v) is 22.7. The molecule has 196 valence electrons. The largest absolute Gasteiger partial charge is 0.463 e. The fourth-order valence-corrected chi connectivity index (χ4v) is 4.72. The highest BCUT2D eigenvalue weighted by Crippen LogP contribution is 2.32. The summed E-state index contributed by atoms with van der Waals surface area (Å²) in [4.78, 5) is 26.0. The van der Waals surface area contributed by atoms with Gasteiger partial charge in [-0.05, 0) is 39.7 Å². The van der Waals surface area contributed by atoms with Gasteiger partial charge in [0, 0.05) is 36.8 Å². The Kier molecular flexibility index (Phi) is 7.99. The van der Waals surface area contributed by atoms with E-state index in [1.165, 1.54) is 0 Å². The van der Waals surface area contributed by atoms with Gasteiger partial charge in [-0.3, -0.25) is 4.72 Å². The number of para-hydroxylation sites is 1. The van der Waals surface area contributed by atoms with Crippen molar-refractivity contribution in [2.45, 2.75) is 6.42 Å². The van der Waals surface area contributed by atoms with Crippen LogP contribution in [0.25, 0.3) is 22.8 Å². The van der Waals surface area contributed by atoms with Gasteiger partial charge in [-0.15, -0.1) is 0 Å².